The van der Waals surface area contributed by atoms with E-state index >= 15 is 0 Å². The van der Waals surface area contributed by atoms with Crippen LogP contribution in [0.3, 0.4) is 0 Å². The number of nitrogens with one attached hydrogen (secondary N) is 3. The first-order valence-electron chi connectivity index (χ1n) is 6.99. The Hall–Kier alpha value is -0.760. The number of hydrogen-bond donors (Lipinski definition) is 3. The topological polar surface area (TPSA) is 63.8 Å². The summed E-state index contributed by atoms with van der Waals surface area (Å²) in [6.07, 6.45) is 0. The Morgan fingerprint density at radius 3 is 2.14 bits per heavy atom. The second-order valence-corrected chi connectivity index (χ2v) is 7.57. The summed E-state index contributed by atoms with van der Waals surface area (Å²) in [6, 6.07) is 7.49. The summed E-state index contributed by atoms with van der Waals surface area (Å²) < 4.78 is 16.3. The van der Waals surface area contributed by atoms with Gasteiger partial charge in [0.15, 0.2) is 5.11 Å². The van der Waals surface area contributed by atoms with Crippen LogP contribution in [0.5, 0.6) is 5.75 Å². The standard InChI is InChI=1S/C13H22N3O3PS2/c1-4-17-12-9-7-11(8-10-12)14-13(21)15-16-20(22,18-5-2)19-6-3/h7-10H,4-6H2,1-3H3,(H,16,22)(H2,14,15,21). The van der Waals surface area contributed by atoms with Crippen LogP contribution >= 0.6 is 18.9 Å². The number of ether oxygens (including phenoxy) is 1. The van der Waals surface area contributed by atoms with Crippen LogP contribution in [0.1, 0.15) is 20.8 Å². The van der Waals surface area contributed by atoms with Gasteiger partial charge in [-0.25, -0.2) is 0 Å². The van der Waals surface area contributed by atoms with E-state index in [2.05, 4.69) is 15.9 Å². The third-order valence-electron chi connectivity index (χ3n) is 2.33. The summed E-state index contributed by atoms with van der Waals surface area (Å²) in [4.78, 5) is 0. The van der Waals surface area contributed by atoms with E-state index in [-0.39, 0.29) is 0 Å². The Kier molecular flexibility index (Phi) is 8.85. The van der Waals surface area contributed by atoms with Crippen LogP contribution in [0, 0.1) is 0 Å². The van der Waals surface area contributed by atoms with Crippen molar-refractivity contribution in [3.05, 3.63) is 24.3 Å². The average molecular weight is 363 g/mol. The van der Waals surface area contributed by atoms with Crippen molar-refractivity contribution in [3.8, 4) is 5.75 Å². The minimum atomic E-state index is -2.57. The van der Waals surface area contributed by atoms with Crippen molar-refractivity contribution in [3.63, 3.8) is 0 Å². The zero-order chi connectivity index (χ0) is 16.4. The van der Waals surface area contributed by atoms with Gasteiger partial charge in [-0.05, 0) is 69.1 Å². The molecule has 0 amide bonds. The fourth-order valence-corrected chi connectivity index (χ4v) is 3.67. The molecule has 6 nitrogen and oxygen atoms in total. The predicted octanol–water partition coefficient (Wildman–Crippen LogP) is 3.17. The zero-order valence-corrected chi connectivity index (χ0v) is 15.4. The minimum Gasteiger partial charge on any atom is -0.494 e. The van der Waals surface area contributed by atoms with Crippen LogP contribution < -0.4 is 20.7 Å². The zero-order valence-electron chi connectivity index (χ0n) is 12.9. The molecule has 1 aromatic carbocycles. The molecule has 0 fully saturated rings. The third-order valence-corrected chi connectivity index (χ3v) is 5.02. The summed E-state index contributed by atoms with van der Waals surface area (Å²) in [6.45, 7) is 4.65. The molecule has 0 saturated carbocycles. The Morgan fingerprint density at radius 1 is 1.05 bits per heavy atom. The second-order valence-electron chi connectivity index (χ2n) is 3.98. The van der Waals surface area contributed by atoms with Crippen molar-refractivity contribution in [1.29, 1.82) is 0 Å². The quantitative estimate of drug-likeness (QED) is 0.351. The number of hydrazine groups is 1. The first-order chi connectivity index (χ1) is 10.5. The van der Waals surface area contributed by atoms with Gasteiger partial charge in [0.25, 0.3) is 6.64 Å². The molecule has 0 saturated heterocycles. The van der Waals surface area contributed by atoms with Crippen LogP contribution in [-0.2, 0) is 20.9 Å². The van der Waals surface area contributed by atoms with Gasteiger partial charge in [-0.1, -0.05) is 0 Å². The fourth-order valence-electron chi connectivity index (χ4n) is 1.52. The minimum absolute atomic E-state index is 0.373. The lowest BCUT2D eigenvalue weighted by Gasteiger charge is -2.23. The van der Waals surface area contributed by atoms with Gasteiger partial charge in [0.05, 0.1) is 19.8 Å². The third kappa shape index (κ3) is 7.00. The molecule has 0 radical (unpaired) electrons. The van der Waals surface area contributed by atoms with Gasteiger partial charge in [0.1, 0.15) is 5.75 Å². The highest BCUT2D eigenvalue weighted by molar-refractivity contribution is 8.08. The summed E-state index contributed by atoms with van der Waals surface area (Å²) in [5.41, 5.74) is 3.65. The molecule has 0 heterocycles. The van der Waals surface area contributed by atoms with Crippen molar-refractivity contribution >= 4 is 41.5 Å². The lowest BCUT2D eigenvalue weighted by atomic mass is 10.3. The van der Waals surface area contributed by atoms with Crippen LogP contribution in [0.4, 0.5) is 5.69 Å². The fraction of sp³-hybridized carbons (Fsp3) is 0.462. The van der Waals surface area contributed by atoms with E-state index in [1.54, 1.807) is 0 Å². The van der Waals surface area contributed by atoms with E-state index in [0.29, 0.717) is 24.9 Å². The maximum atomic E-state index is 5.44. The van der Waals surface area contributed by atoms with E-state index in [1.807, 2.05) is 45.0 Å². The summed E-state index contributed by atoms with van der Waals surface area (Å²) in [7, 11) is 0. The number of hydrogen-bond acceptors (Lipinski definition) is 5. The molecule has 0 aliphatic heterocycles. The van der Waals surface area contributed by atoms with Gasteiger partial charge < -0.3 is 19.1 Å². The highest BCUT2D eigenvalue weighted by Gasteiger charge is 2.17. The van der Waals surface area contributed by atoms with Crippen LogP contribution in [0.15, 0.2) is 24.3 Å². The van der Waals surface area contributed by atoms with E-state index < -0.39 is 6.64 Å². The van der Waals surface area contributed by atoms with Gasteiger partial charge in [-0.15, -0.1) is 0 Å². The first-order valence-corrected chi connectivity index (χ1v) is 10.0. The Bertz CT molecular complexity index is 504. The molecular weight excluding hydrogens is 341 g/mol. The number of anilines is 1. The molecule has 1 rings (SSSR count). The van der Waals surface area contributed by atoms with Gasteiger partial charge in [-0.2, -0.15) is 5.20 Å². The van der Waals surface area contributed by atoms with Crippen molar-refractivity contribution in [2.75, 3.05) is 25.1 Å². The molecule has 0 unspecified atom stereocenters. The van der Waals surface area contributed by atoms with Gasteiger partial charge >= 0.3 is 0 Å². The van der Waals surface area contributed by atoms with Crippen molar-refractivity contribution in [1.82, 2.24) is 10.6 Å². The van der Waals surface area contributed by atoms with Gasteiger partial charge in [-0.3, -0.25) is 5.43 Å². The summed E-state index contributed by atoms with van der Waals surface area (Å²) in [5, 5.41) is 6.26. The van der Waals surface area contributed by atoms with Gasteiger partial charge in [0.2, 0.25) is 0 Å². The highest BCUT2D eigenvalue weighted by Crippen LogP contribution is 2.42. The monoisotopic (exact) mass is 363 g/mol. The van der Waals surface area contributed by atoms with Crippen LogP contribution in [0.2, 0.25) is 0 Å². The van der Waals surface area contributed by atoms with Gasteiger partial charge in [0, 0.05) is 5.69 Å². The molecule has 0 aliphatic carbocycles. The maximum absolute atomic E-state index is 5.44. The van der Waals surface area contributed by atoms with Crippen LogP contribution in [-0.4, -0.2) is 24.9 Å². The predicted molar refractivity (Wildman–Crippen MR) is 97.6 cm³/mol. The summed E-state index contributed by atoms with van der Waals surface area (Å²) in [5.74, 6) is 0.813. The lowest BCUT2D eigenvalue weighted by Crippen LogP contribution is -2.39. The molecule has 9 heteroatoms. The molecule has 3 N–H and O–H groups in total. The molecule has 0 bridgehead atoms. The number of benzene rings is 1. The van der Waals surface area contributed by atoms with E-state index in [1.165, 1.54) is 0 Å². The molecule has 0 atom stereocenters. The highest BCUT2D eigenvalue weighted by atomic mass is 32.5. The van der Waals surface area contributed by atoms with Crippen molar-refractivity contribution in [2.45, 2.75) is 20.8 Å². The largest absolute Gasteiger partial charge is 0.494 e. The summed E-state index contributed by atoms with van der Waals surface area (Å²) >= 11 is 10.5. The number of rotatable bonds is 9. The van der Waals surface area contributed by atoms with Crippen LogP contribution in [0.25, 0.3) is 0 Å². The van der Waals surface area contributed by atoms with E-state index in [4.69, 9.17) is 37.8 Å². The van der Waals surface area contributed by atoms with Crippen molar-refractivity contribution in [2.24, 2.45) is 0 Å². The Morgan fingerprint density at radius 2 is 1.64 bits per heavy atom. The molecule has 0 spiro atoms. The lowest BCUT2D eigenvalue weighted by molar-refractivity contribution is 0.256. The molecule has 0 aliphatic rings. The van der Waals surface area contributed by atoms with Crippen molar-refractivity contribution < 1.29 is 13.8 Å². The second kappa shape index (κ2) is 10.1. The number of thiocarbonyl (C=S) groups is 1. The first kappa shape index (κ1) is 19.3. The van der Waals surface area contributed by atoms with E-state index in [0.717, 1.165) is 11.4 Å². The SMILES string of the molecule is CCOc1ccc(NC(=S)NNP(=S)(OCC)OCC)cc1. The average Bonchev–Trinajstić information content (AvgIpc) is 2.48. The Balaban J connectivity index is 2.49. The molecule has 0 aromatic heterocycles. The molecular formula is C13H22N3O3PS2. The van der Waals surface area contributed by atoms with E-state index in [9.17, 15) is 0 Å². The normalized spacial score (nSPS) is 11.0. The molecule has 124 valence electrons. The molecule has 22 heavy (non-hydrogen) atoms. The smallest absolute Gasteiger partial charge is 0.279 e. The maximum Gasteiger partial charge on any atom is 0.279 e. The molecule has 1 aromatic rings. The Labute approximate surface area is 142 Å².